The second-order valence-corrected chi connectivity index (χ2v) is 4.99. The maximum Gasteiger partial charge on any atom is 0.269 e. The molecule has 0 heterocycles. The summed E-state index contributed by atoms with van der Waals surface area (Å²) in [5.74, 6) is 1.15. The standard InChI is InChI=1S/C17H18N2O5/c1-23-15-7-8-16(24-2)13(11-15)9-10-18-17(20)12-3-5-14(6-4-12)19(21)22/h3-8,11H,9-10H2,1-2H3,(H,18,20). The van der Waals surface area contributed by atoms with Crippen molar-refractivity contribution in [3.05, 3.63) is 63.7 Å². The van der Waals surface area contributed by atoms with Crippen molar-refractivity contribution in [2.45, 2.75) is 6.42 Å². The number of nitrogens with zero attached hydrogens (tertiary/aromatic N) is 1. The minimum absolute atomic E-state index is 0.0485. The molecule has 1 N–H and O–H groups in total. The number of nitrogens with one attached hydrogen (secondary N) is 1. The van der Waals surface area contributed by atoms with Gasteiger partial charge >= 0.3 is 0 Å². The Labute approximate surface area is 139 Å². The van der Waals surface area contributed by atoms with Gasteiger partial charge in [0.05, 0.1) is 19.1 Å². The van der Waals surface area contributed by atoms with E-state index in [1.54, 1.807) is 20.3 Å². The number of methoxy groups -OCH3 is 2. The first kappa shape index (κ1) is 17.3. The van der Waals surface area contributed by atoms with Gasteiger partial charge in [0.25, 0.3) is 11.6 Å². The molecule has 126 valence electrons. The van der Waals surface area contributed by atoms with Gasteiger partial charge in [-0.25, -0.2) is 0 Å². The van der Waals surface area contributed by atoms with Crippen LogP contribution in [-0.4, -0.2) is 31.6 Å². The number of ether oxygens (including phenoxy) is 2. The third kappa shape index (κ3) is 4.22. The van der Waals surface area contributed by atoms with E-state index in [1.807, 2.05) is 12.1 Å². The van der Waals surface area contributed by atoms with Gasteiger partial charge in [-0.05, 0) is 42.3 Å². The number of rotatable bonds is 7. The number of nitro benzene ring substituents is 1. The average molecular weight is 330 g/mol. The largest absolute Gasteiger partial charge is 0.497 e. The molecule has 1 amide bonds. The highest BCUT2D eigenvalue weighted by atomic mass is 16.6. The van der Waals surface area contributed by atoms with E-state index in [2.05, 4.69) is 5.32 Å². The number of non-ortho nitro benzene ring substituents is 1. The summed E-state index contributed by atoms with van der Waals surface area (Å²) in [6.45, 7) is 0.402. The first-order chi connectivity index (χ1) is 11.5. The Morgan fingerprint density at radius 2 is 1.83 bits per heavy atom. The number of carbonyl (C=O) groups is 1. The summed E-state index contributed by atoms with van der Waals surface area (Å²) in [6.07, 6.45) is 0.569. The van der Waals surface area contributed by atoms with Crippen molar-refractivity contribution in [2.24, 2.45) is 0 Å². The van der Waals surface area contributed by atoms with Gasteiger partial charge in [0, 0.05) is 24.2 Å². The fourth-order valence-electron chi connectivity index (χ4n) is 2.22. The van der Waals surface area contributed by atoms with E-state index in [0.717, 1.165) is 11.3 Å². The van der Waals surface area contributed by atoms with Crippen LogP contribution in [0.5, 0.6) is 11.5 Å². The number of hydrogen-bond donors (Lipinski definition) is 1. The van der Waals surface area contributed by atoms with E-state index in [1.165, 1.54) is 24.3 Å². The molecule has 2 rings (SSSR count). The van der Waals surface area contributed by atoms with Gasteiger partial charge in [0.15, 0.2) is 0 Å². The van der Waals surface area contributed by atoms with Crippen molar-refractivity contribution < 1.29 is 19.2 Å². The minimum Gasteiger partial charge on any atom is -0.497 e. The zero-order valence-electron chi connectivity index (χ0n) is 13.4. The Morgan fingerprint density at radius 1 is 1.12 bits per heavy atom. The number of hydrogen-bond acceptors (Lipinski definition) is 5. The van der Waals surface area contributed by atoms with Crippen LogP contribution in [0.25, 0.3) is 0 Å². The van der Waals surface area contributed by atoms with Crippen LogP contribution in [-0.2, 0) is 6.42 Å². The maximum atomic E-state index is 12.1. The third-order valence-electron chi connectivity index (χ3n) is 3.51. The lowest BCUT2D eigenvalue weighted by atomic mass is 10.1. The molecule has 2 aromatic carbocycles. The highest BCUT2D eigenvalue weighted by Gasteiger charge is 2.10. The second kappa shape index (κ2) is 7.96. The molecule has 0 aliphatic rings. The van der Waals surface area contributed by atoms with Crippen LogP contribution < -0.4 is 14.8 Å². The number of nitro groups is 1. The average Bonchev–Trinajstić information content (AvgIpc) is 2.61. The highest BCUT2D eigenvalue weighted by Crippen LogP contribution is 2.24. The Balaban J connectivity index is 1.96. The topological polar surface area (TPSA) is 90.7 Å². The lowest BCUT2D eigenvalue weighted by Gasteiger charge is -2.11. The lowest BCUT2D eigenvalue weighted by molar-refractivity contribution is -0.384. The molecule has 24 heavy (non-hydrogen) atoms. The predicted octanol–water partition coefficient (Wildman–Crippen LogP) is 2.58. The molecule has 0 radical (unpaired) electrons. The van der Waals surface area contributed by atoms with Crippen molar-refractivity contribution in [2.75, 3.05) is 20.8 Å². The molecule has 0 saturated heterocycles. The van der Waals surface area contributed by atoms with Gasteiger partial charge in [-0.2, -0.15) is 0 Å². The fourth-order valence-corrected chi connectivity index (χ4v) is 2.22. The molecule has 0 saturated carbocycles. The molecular formula is C17H18N2O5. The Kier molecular flexibility index (Phi) is 5.73. The quantitative estimate of drug-likeness (QED) is 0.622. The maximum absolute atomic E-state index is 12.1. The Hall–Kier alpha value is -3.09. The zero-order chi connectivity index (χ0) is 17.5. The third-order valence-corrected chi connectivity index (χ3v) is 3.51. The SMILES string of the molecule is COc1ccc(OC)c(CCNC(=O)c2ccc([N+](=O)[O-])cc2)c1. The Bertz CT molecular complexity index is 728. The molecule has 7 nitrogen and oxygen atoms in total. The van der Waals surface area contributed by atoms with Gasteiger partial charge in [0.2, 0.25) is 0 Å². The van der Waals surface area contributed by atoms with Crippen molar-refractivity contribution in [3.63, 3.8) is 0 Å². The monoisotopic (exact) mass is 330 g/mol. The Morgan fingerprint density at radius 3 is 2.42 bits per heavy atom. The lowest BCUT2D eigenvalue weighted by Crippen LogP contribution is -2.25. The van der Waals surface area contributed by atoms with Crippen LogP contribution in [0.1, 0.15) is 15.9 Å². The van der Waals surface area contributed by atoms with E-state index in [0.29, 0.717) is 24.3 Å². The number of amides is 1. The summed E-state index contributed by atoms with van der Waals surface area (Å²) in [5.41, 5.74) is 1.24. The van der Waals surface area contributed by atoms with Crippen molar-refractivity contribution >= 4 is 11.6 Å². The zero-order valence-corrected chi connectivity index (χ0v) is 13.4. The smallest absolute Gasteiger partial charge is 0.269 e. The van der Waals surface area contributed by atoms with Crippen LogP contribution in [0.15, 0.2) is 42.5 Å². The molecule has 0 aromatic heterocycles. The summed E-state index contributed by atoms with van der Waals surface area (Å²) < 4.78 is 10.5. The molecule has 0 aliphatic heterocycles. The van der Waals surface area contributed by atoms with Crippen LogP contribution in [0.2, 0.25) is 0 Å². The van der Waals surface area contributed by atoms with E-state index in [-0.39, 0.29) is 11.6 Å². The number of carbonyl (C=O) groups excluding carboxylic acids is 1. The van der Waals surface area contributed by atoms with Gasteiger partial charge in [-0.15, -0.1) is 0 Å². The minimum atomic E-state index is -0.503. The highest BCUT2D eigenvalue weighted by molar-refractivity contribution is 5.94. The summed E-state index contributed by atoms with van der Waals surface area (Å²) in [7, 11) is 3.17. The van der Waals surface area contributed by atoms with E-state index in [9.17, 15) is 14.9 Å². The van der Waals surface area contributed by atoms with E-state index >= 15 is 0 Å². The molecule has 0 aliphatic carbocycles. The van der Waals surface area contributed by atoms with Gasteiger partial charge in [0.1, 0.15) is 11.5 Å². The molecule has 0 bridgehead atoms. The number of benzene rings is 2. The molecular weight excluding hydrogens is 312 g/mol. The van der Waals surface area contributed by atoms with E-state index < -0.39 is 4.92 Å². The molecule has 0 atom stereocenters. The van der Waals surface area contributed by atoms with Crippen molar-refractivity contribution in [1.29, 1.82) is 0 Å². The molecule has 0 fully saturated rings. The first-order valence-electron chi connectivity index (χ1n) is 7.28. The summed E-state index contributed by atoms with van der Waals surface area (Å²) in [6, 6.07) is 10.9. The molecule has 0 spiro atoms. The molecule has 7 heteroatoms. The van der Waals surface area contributed by atoms with Crippen molar-refractivity contribution in [1.82, 2.24) is 5.32 Å². The normalized spacial score (nSPS) is 10.1. The summed E-state index contributed by atoms with van der Waals surface area (Å²) >= 11 is 0. The molecule has 2 aromatic rings. The van der Waals surface area contributed by atoms with Gasteiger partial charge in [-0.1, -0.05) is 0 Å². The van der Waals surface area contributed by atoms with E-state index in [4.69, 9.17) is 9.47 Å². The predicted molar refractivity (Wildman–Crippen MR) is 88.7 cm³/mol. The van der Waals surface area contributed by atoms with Gasteiger partial charge < -0.3 is 14.8 Å². The summed E-state index contributed by atoms with van der Waals surface area (Å²) in [4.78, 5) is 22.2. The molecule has 0 unspecified atom stereocenters. The fraction of sp³-hybridized carbons (Fsp3) is 0.235. The van der Waals surface area contributed by atoms with Crippen LogP contribution in [0.4, 0.5) is 5.69 Å². The van der Waals surface area contributed by atoms with Crippen LogP contribution >= 0.6 is 0 Å². The van der Waals surface area contributed by atoms with Crippen LogP contribution in [0.3, 0.4) is 0 Å². The second-order valence-electron chi connectivity index (χ2n) is 4.99. The van der Waals surface area contributed by atoms with Crippen LogP contribution in [0, 0.1) is 10.1 Å². The first-order valence-corrected chi connectivity index (χ1v) is 7.28. The summed E-state index contributed by atoms with van der Waals surface area (Å²) in [5, 5.41) is 13.4. The van der Waals surface area contributed by atoms with Gasteiger partial charge in [-0.3, -0.25) is 14.9 Å². The van der Waals surface area contributed by atoms with Crippen molar-refractivity contribution in [3.8, 4) is 11.5 Å².